The largest absolute Gasteiger partial charge is 0.475 e. The third-order valence-electron chi connectivity index (χ3n) is 4.03. The highest BCUT2D eigenvalue weighted by Gasteiger charge is 2.26. The molecule has 1 aromatic heterocycles. The van der Waals surface area contributed by atoms with E-state index in [1.54, 1.807) is 6.07 Å². The lowest BCUT2D eigenvalue weighted by Crippen LogP contribution is -2.48. The van der Waals surface area contributed by atoms with Gasteiger partial charge >= 0.3 is 5.97 Å². The van der Waals surface area contributed by atoms with Crippen molar-refractivity contribution in [2.75, 3.05) is 6.54 Å². The first kappa shape index (κ1) is 15.6. The van der Waals surface area contributed by atoms with Gasteiger partial charge in [0.05, 0.1) is 13.1 Å². The lowest BCUT2D eigenvalue weighted by atomic mass is 9.97. The van der Waals surface area contributed by atoms with Gasteiger partial charge in [-0.1, -0.05) is 6.42 Å². The average molecular weight is 294 g/mol. The molecule has 0 saturated carbocycles. The lowest BCUT2D eigenvalue weighted by Gasteiger charge is -2.38. The summed E-state index contributed by atoms with van der Waals surface area (Å²) in [5.41, 5.74) is 0. The second-order valence-electron chi connectivity index (χ2n) is 5.65. The van der Waals surface area contributed by atoms with Crippen molar-refractivity contribution >= 4 is 11.9 Å². The molecular formula is C15H22N2O4. The first-order valence-corrected chi connectivity index (χ1v) is 7.32. The number of carboxylic acid groups (broad SMARTS) is 1. The van der Waals surface area contributed by atoms with Gasteiger partial charge in [-0.15, -0.1) is 0 Å². The van der Waals surface area contributed by atoms with E-state index < -0.39 is 5.97 Å². The van der Waals surface area contributed by atoms with Gasteiger partial charge in [-0.25, -0.2) is 4.79 Å². The highest BCUT2D eigenvalue weighted by molar-refractivity contribution is 5.84. The van der Waals surface area contributed by atoms with Crippen molar-refractivity contribution in [2.45, 2.75) is 51.7 Å². The summed E-state index contributed by atoms with van der Waals surface area (Å²) in [4.78, 5) is 24.9. The second-order valence-corrected chi connectivity index (χ2v) is 5.65. The van der Waals surface area contributed by atoms with Crippen LogP contribution < -0.4 is 5.32 Å². The van der Waals surface area contributed by atoms with Gasteiger partial charge in [0.1, 0.15) is 5.76 Å². The Morgan fingerprint density at radius 1 is 1.33 bits per heavy atom. The third kappa shape index (κ3) is 4.07. The molecule has 1 aliphatic rings. The van der Waals surface area contributed by atoms with E-state index in [1.807, 2.05) is 0 Å². The number of furan rings is 1. The van der Waals surface area contributed by atoms with Gasteiger partial charge in [0.2, 0.25) is 11.7 Å². The molecule has 1 amide bonds. The molecule has 0 unspecified atom stereocenters. The van der Waals surface area contributed by atoms with Gasteiger partial charge in [-0.2, -0.15) is 0 Å². The number of hydrogen-bond acceptors (Lipinski definition) is 4. The van der Waals surface area contributed by atoms with E-state index in [0.29, 0.717) is 24.4 Å². The van der Waals surface area contributed by atoms with Crippen LogP contribution in [0.5, 0.6) is 0 Å². The molecule has 1 fully saturated rings. The standard InChI is InChI=1S/C15H22N2O4/c1-10-4-3-5-11(2)17(10)9-14(18)16-8-12-6-7-13(21-12)15(19)20/h6-7,10-11H,3-5,8-9H2,1-2H3,(H,16,18)(H,19,20)/t10-,11+. The van der Waals surface area contributed by atoms with Crippen molar-refractivity contribution < 1.29 is 19.1 Å². The number of amides is 1. The molecule has 0 radical (unpaired) electrons. The van der Waals surface area contributed by atoms with E-state index in [9.17, 15) is 9.59 Å². The Hall–Kier alpha value is -1.82. The number of piperidine rings is 1. The van der Waals surface area contributed by atoms with Crippen molar-refractivity contribution in [3.63, 3.8) is 0 Å². The number of likely N-dealkylation sites (tertiary alicyclic amines) is 1. The molecule has 0 aromatic carbocycles. The monoisotopic (exact) mass is 294 g/mol. The maximum absolute atomic E-state index is 12.0. The molecule has 6 heteroatoms. The van der Waals surface area contributed by atoms with E-state index in [1.165, 1.54) is 12.5 Å². The molecule has 0 aliphatic carbocycles. The topological polar surface area (TPSA) is 82.8 Å². The molecule has 1 saturated heterocycles. The summed E-state index contributed by atoms with van der Waals surface area (Å²) in [6.07, 6.45) is 3.46. The minimum Gasteiger partial charge on any atom is -0.475 e. The van der Waals surface area contributed by atoms with Gasteiger partial charge in [0.15, 0.2) is 0 Å². The zero-order valence-electron chi connectivity index (χ0n) is 12.5. The number of nitrogens with zero attached hydrogens (tertiary/aromatic N) is 1. The number of hydrogen-bond donors (Lipinski definition) is 2. The van der Waals surface area contributed by atoms with Gasteiger partial charge in [0, 0.05) is 12.1 Å². The van der Waals surface area contributed by atoms with E-state index in [4.69, 9.17) is 9.52 Å². The van der Waals surface area contributed by atoms with Crippen molar-refractivity contribution in [1.82, 2.24) is 10.2 Å². The van der Waals surface area contributed by atoms with Crippen LogP contribution in [0.3, 0.4) is 0 Å². The van der Waals surface area contributed by atoms with E-state index in [-0.39, 0.29) is 18.2 Å². The predicted octanol–water partition coefficient (Wildman–Crippen LogP) is 1.86. The molecule has 0 bridgehead atoms. The van der Waals surface area contributed by atoms with E-state index >= 15 is 0 Å². The van der Waals surface area contributed by atoms with Crippen molar-refractivity contribution in [3.8, 4) is 0 Å². The van der Waals surface area contributed by atoms with Gasteiger partial charge in [-0.3, -0.25) is 9.69 Å². The van der Waals surface area contributed by atoms with Crippen LogP contribution in [0.1, 0.15) is 49.4 Å². The van der Waals surface area contributed by atoms with Crippen LogP contribution in [0.2, 0.25) is 0 Å². The summed E-state index contributed by atoms with van der Waals surface area (Å²) >= 11 is 0. The Morgan fingerprint density at radius 3 is 2.57 bits per heavy atom. The van der Waals surface area contributed by atoms with Crippen molar-refractivity contribution in [2.24, 2.45) is 0 Å². The molecule has 116 valence electrons. The smallest absolute Gasteiger partial charge is 0.371 e. The Bertz CT molecular complexity index is 502. The van der Waals surface area contributed by atoms with E-state index in [0.717, 1.165) is 12.8 Å². The number of carboxylic acids is 1. The summed E-state index contributed by atoms with van der Waals surface area (Å²) in [5, 5.41) is 11.5. The highest BCUT2D eigenvalue weighted by Crippen LogP contribution is 2.21. The highest BCUT2D eigenvalue weighted by atomic mass is 16.4. The Morgan fingerprint density at radius 2 is 2.00 bits per heavy atom. The fourth-order valence-electron chi connectivity index (χ4n) is 2.78. The number of nitrogens with one attached hydrogen (secondary N) is 1. The SMILES string of the molecule is C[C@@H]1CCC[C@H](C)N1CC(=O)NCc1ccc(C(=O)O)o1. The second kappa shape index (κ2) is 6.76. The summed E-state index contributed by atoms with van der Waals surface area (Å²) in [6.45, 7) is 4.88. The van der Waals surface area contributed by atoms with Crippen molar-refractivity contribution in [3.05, 3.63) is 23.7 Å². The number of rotatable bonds is 5. The van der Waals surface area contributed by atoms with Crippen LogP contribution in [0, 0.1) is 0 Å². The molecular weight excluding hydrogens is 272 g/mol. The molecule has 0 spiro atoms. The zero-order valence-corrected chi connectivity index (χ0v) is 12.5. The Kier molecular flexibility index (Phi) is 5.01. The Labute approximate surface area is 124 Å². The van der Waals surface area contributed by atoms with Crippen LogP contribution in [-0.4, -0.2) is 40.5 Å². The van der Waals surface area contributed by atoms with Crippen LogP contribution in [0.25, 0.3) is 0 Å². The molecule has 21 heavy (non-hydrogen) atoms. The van der Waals surface area contributed by atoms with Gasteiger partial charge < -0.3 is 14.8 Å². The number of carbonyl (C=O) groups is 2. The maximum atomic E-state index is 12.0. The summed E-state index contributed by atoms with van der Waals surface area (Å²) in [6, 6.07) is 3.79. The van der Waals surface area contributed by atoms with Crippen LogP contribution >= 0.6 is 0 Å². The summed E-state index contributed by atoms with van der Waals surface area (Å²) in [5.74, 6) is -0.842. The fourth-order valence-corrected chi connectivity index (χ4v) is 2.78. The predicted molar refractivity (Wildman–Crippen MR) is 77.0 cm³/mol. The molecule has 2 heterocycles. The summed E-state index contributed by atoms with van der Waals surface area (Å²) < 4.78 is 5.10. The molecule has 2 N–H and O–H groups in total. The molecule has 2 rings (SSSR count). The Balaban J connectivity index is 1.82. The minimum absolute atomic E-state index is 0.0659. The van der Waals surface area contributed by atoms with Gasteiger partial charge in [0.25, 0.3) is 0 Å². The van der Waals surface area contributed by atoms with Gasteiger partial charge in [-0.05, 0) is 38.8 Å². The molecule has 6 nitrogen and oxygen atoms in total. The van der Waals surface area contributed by atoms with Crippen LogP contribution in [0.15, 0.2) is 16.5 Å². The van der Waals surface area contributed by atoms with Crippen LogP contribution in [0.4, 0.5) is 0 Å². The molecule has 1 aliphatic heterocycles. The average Bonchev–Trinajstić information content (AvgIpc) is 2.90. The third-order valence-corrected chi connectivity index (χ3v) is 4.03. The number of aromatic carboxylic acids is 1. The lowest BCUT2D eigenvalue weighted by molar-refractivity contribution is -0.124. The first-order valence-electron chi connectivity index (χ1n) is 7.32. The van der Waals surface area contributed by atoms with E-state index in [2.05, 4.69) is 24.1 Å². The maximum Gasteiger partial charge on any atom is 0.371 e. The zero-order chi connectivity index (χ0) is 15.4. The minimum atomic E-state index is -1.11. The molecule has 1 aromatic rings. The normalized spacial score (nSPS) is 23.0. The molecule has 2 atom stereocenters. The quantitative estimate of drug-likeness (QED) is 0.866. The van der Waals surface area contributed by atoms with Crippen LogP contribution in [-0.2, 0) is 11.3 Å². The fraction of sp³-hybridized carbons (Fsp3) is 0.600. The first-order chi connectivity index (χ1) is 9.97. The van der Waals surface area contributed by atoms with Crippen molar-refractivity contribution in [1.29, 1.82) is 0 Å². The number of carbonyl (C=O) groups excluding carboxylic acids is 1. The summed E-state index contributed by atoms with van der Waals surface area (Å²) in [7, 11) is 0.